The monoisotopic (exact) mass is 285 g/mol. The van der Waals surface area contributed by atoms with Crippen LogP contribution in [0.3, 0.4) is 0 Å². The second-order valence-electron chi connectivity index (χ2n) is 4.47. The van der Waals surface area contributed by atoms with Crippen LogP contribution in [0.4, 0.5) is 5.69 Å². The third-order valence-electron chi connectivity index (χ3n) is 3.12. The van der Waals surface area contributed by atoms with Gasteiger partial charge < -0.3 is 5.32 Å². The van der Waals surface area contributed by atoms with Gasteiger partial charge in [0, 0.05) is 24.2 Å². The van der Waals surface area contributed by atoms with Gasteiger partial charge in [-0.1, -0.05) is 6.07 Å². The number of hydrogen-bond donors (Lipinski definition) is 2. The van der Waals surface area contributed by atoms with Crippen LogP contribution in [-0.4, -0.2) is 32.5 Å². The maximum absolute atomic E-state index is 12.2. The highest BCUT2D eigenvalue weighted by Gasteiger charge is 2.26. The van der Waals surface area contributed by atoms with Crippen molar-refractivity contribution in [3.8, 4) is 0 Å². The van der Waals surface area contributed by atoms with Crippen molar-refractivity contribution in [2.75, 3.05) is 13.1 Å². The Kier molecular flexibility index (Phi) is 3.83. The molecule has 0 saturated carbocycles. The third kappa shape index (κ3) is 2.91. The number of benzene rings is 1. The fourth-order valence-electron chi connectivity index (χ4n) is 2.13. The van der Waals surface area contributed by atoms with Crippen LogP contribution in [0.25, 0.3) is 0 Å². The molecule has 0 bridgehead atoms. The van der Waals surface area contributed by atoms with Crippen LogP contribution >= 0.6 is 0 Å². The number of rotatable bonds is 4. The highest BCUT2D eigenvalue weighted by molar-refractivity contribution is 7.89. The zero-order valence-corrected chi connectivity index (χ0v) is 11.2. The molecule has 0 spiro atoms. The number of sulfonamides is 1. The first kappa shape index (κ1) is 13.9. The molecule has 7 nitrogen and oxygen atoms in total. The molecule has 0 amide bonds. The van der Waals surface area contributed by atoms with Crippen molar-refractivity contribution in [3.05, 3.63) is 33.9 Å². The van der Waals surface area contributed by atoms with E-state index in [1.165, 1.54) is 25.1 Å². The Labute approximate surface area is 111 Å². The van der Waals surface area contributed by atoms with Crippen LogP contribution in [0.1, 0.15) is 12.0 Å². The summed E-state index contributed by atoms with van der Waals surface area (Å²) in [4.78, 5) is 10.2. The quantitative estimate of drug-likeness (QED) is 0.621. The van der Waals surface area contributed by atoms with E-state index in [1.807, 2.05) is 0 Å². The van der Waals surface area contributed by atoms with Crippen LogP contribution in [0.5, 0.6) is 0 Å². The van der Waals surface area contributed by atoms with Gasteiger partial charge in [-0.3, -0.25) is 10.1 Å². The number of nitrogens with one attached hydrogen (secondary N) is 2. The van der Waals surface area contributed by atoms with E-state index in [9.17, 15) is 18.5 Å². The Morgan fingerprint density at radius 3 is 2.79 bits per heavy atom. The van der Waals surface area contributed by atoms with Crippen molar-refractivity contribution in [1.29, 1.82) is 0 Å². The van der Waals surface area contributed by atoms with E-state index in [4.69, 9.17) is 0 Å². The zero-order valence-electron chi connectivity index (χ0n) is 10.4. The standard InChI is InChI=1S/C11H15N3O4S/c1-8-10(14(15)16)3-2-4-11(8)19(17,18)13-9-5-6-12-7-9/h2-4,9,12-13H,5-7H2,1H3. The molecule has 1 aromatic carbocycles. The second kappa shape index (κ2) is 5.24. The summed E-state index contributed by atoms with van der Waals surface area (Å²) in [5.41, 5.74) is -0.0293. The van der Waals surface area contributed by atoms with E-state index in [2.05, 4.69) is 10.0 Å². The predicted molar refractivity (Wildman–Crippen MR) is 69.4 cm³/mol. The molecular weight excluding hydrogens is 270 g/mol. The maximum Gasteiger partial charge on any atom is 0.273 e. The van der Waals surface area contributed by atoms with Gasteiger partial charge in [-0.15, -0.1) is 0 Å². The molecule has 0 aromatic heterocycles. The van der Waals surface area contributed by atoms with Crippen molar-refractivity contribution in [2.45, 2.75) is 24.3 Å². The van der Waals surface area contributed by atoms with Crippen LogP contribution < -0.4 is 10.0 Å². The van der Waals surface area contributed by atoms with E-state index in [0.29, 0.717) is 13.0 Å². The fraction of sp³-hybridized carbons (Fsp3) is 0.455. The molecule has 1 heterocycles. The zero-order chi connectivity index (χ0) is 14.0. The lowest BCUT2D eigenvalue weighted by Gasteiger charge is -2.13. The largest absolute Gasteiger partial charge is 0.315 e. The van der Waals surface area contributed by atoms with Crippen molar-refractivity contribution < 1.29 is 13.3 Å². The molecule has 8 heteroatoms. The van der Waals surface area contributed by atoms with E-state index in [1.54, 1.807) is 0 Å². The van der Waals surface area contributed by atoms with Gasteiger partial charge in [-0.05, 0) is 26.0 Å². The van der Waals surface area contributed by atoms with Gasteiger partial charge in [0.05, 0.1) is 9.82 Å². The molecule has 19 heavy (non-hydrogen) atoms. The second-order valence-corrected chi connectivity index (χ2v) is 6.15. The molecule has 1 aliphatic rings. The average molecular weight is 285 g/mol. The third-order valence-corrected chi connectivity index (χ3v) is 4.79. The molecule has 1 saturated heterocycles. The smallest absolute Gasteiger partial charge is 0.273 e. The molecular formula is C11H15N3O4S. The van der Waals surface area contributed by atoms with Gasteiger partial charge in [-0.25, -0.2) is 13.1 Å². The first-order valence-electron chi connectivity index (χ1n) is 5.89. The number of hydrogen-bond acceptors (Lipinski definition) is 5. The normalized spacial score (nSPS) is 19.5. The van der Waals surface area contributed by atoms with Gasteiger partial charge in [0.1, 0.15) is 0 Å². The summed E-state index contributed by atoms with van der Waals surface area (Å²) in [6.07, 6.45) is 0.715. The Morgan fingerprint density at radius 2 is 2.21 bits per heavy atom. The van der Waals surface area contributed by atoms with Gasteiger partial charge >= 0.3 is 0 Å². The number of nitro groups is 1. The van der Waals surface area contributed by atoms with Crippen molar-refractivity contribution in [3.63, 3.8) is 0 Å². The van der Waals surface area contributed by atoms with E-state index in [-0.39, 0.29) is 22.2 Å². The Hall–Kier alpha value is -1.51. The molecule has 1 atom stereocenters. The summed E-state index contributed by atoms with van der Waals surface area (Å²) in [5.74, 6) is 0. The topological polar surface area (TPSA) is 101 Å². The van der Waals surface area contributed by atoms with Crippen LogP contribution in [-0.2, 0) is 10.0 Å². The summed E-state index contributed by atoms with van der Waals surface area (Å²) < 4.78 is 27.0. The molecule has 0 radical (unpaired) electrons. The summed E-state index contributed by atoms with van der Waals surface area (Å²) in [7, 11) is -3.72. The molecule has 1 aliphatic heterocycles. The van der Waals surface area contributed by atoms with Gasteiger partial charge in [0.15, 0.2) is 0 Å². The minimum Gasteiger partial charge on any atom is -0.315 e. The van der Waals surface area contributed by atoms with Crippen molar-refractivity contribution >= 4 is 15.7 Å². The SMILES string of the molecule is Cc1c([N+](=O)[O-])cccc1S(=O)(=O)NC1CCNC1. The molecule has 104 valence electrons. The molecule has 2 rings (SSSR count). The summed E-state index contributed by atoms with van der Waals surface area (Å²) in [6.45, 7) is 2.79. The number of nitrogens with zero attached hydrogens (tertiary/aromatic N) is 1. The van der Waals surface area contributed by atoms with Gasteiger partial charge in [-0.2, -0.15) is 0 Å². The molecule has 1 unspecified atom stereocenters. The van der Waals surface area contributed by atoms with E-state index in [0.717, 1.165) is 6.54 Å². The molecule has 1 fully saturated rings. The summed E-state index contributed by atoms with van der Waals surface area (Å²) >= 11 is 0. The molecule has 0 aliphatic carbocycles. The maximum atomic E-state index is 12.2. The minimum atomic E-state index is -3.72. The van der Waals surface area contributed by atoms with E-state index < -0.39 is 14.9 Å². The highest BCUT2D eigenvalue weighted by atomic mass is 32.2. The van der Waals surface area contributed by atoms with Crippen LogP contribution in [0.2, 0.25) is 0 Å². The molecule has 1 aromatic rings. The first-order chi connectivity index (χ1) is 8.92. The summed E-state index contributed by atoms with van der Waals surface area (Å²) in [5, 5.41) is 13.9. The van der Waals surface area contributed by atoms with Crippen molar-refractivity contribution in [1.82, 2.24) is 10.0 Å². The van der Waals surface area contributed by atoms with Gasteiger partial charge in [0.2, 0.25) is 10.0 Å². The lowest BCUT2D eigenvalue weighted by molar-refractivity contribution is -0.385. The first-order valence-corrected chi connectivity index (χ1v) is 7.37. The predicted octanol–water partition coefficient (Wildman–Crippen LogP) is 0.543. The number of nitro benzene ring substituents is 1. The van der Waals surface area contributed by atoms with Crippen molar-refractivity contribution in [2.24, 2.45) is 0 Å². The highest BCUT2D eigenvalue weighted by Crippen LogP contribution is 2.24. The average Bonchev–Trinajstić information content (AvgIpc) is 2.80. The van der Waals surface area contributed by atoms with Crippen LogP contribution in [0, 0.1) is 17.0 Å². The Balaban J connectivity index is 2.34. The Morgan fingerprint density at radius 1 is 1.47 bits per heavy atom. The Bertz CT molecular complexity index is 594. The lowest BCUT2D eigenvalue weighted by Crippen LogP contribution is -2.36. The fourth-order valence-corrected chi connectivity index (χ4v) is 3.66. The van der Waals surface area contributed by atoms with Crippen LogP contribution in [0.15, 0.2) is 23.1 Å². The molecule has 2 N–H and O–H groups in total. The van der Waals surface area contributed by atoms with E-state index >= 15 is 0 Å². The lowest BCUT2D eigenvalue weighted by atomic mass is 10.2. The summed E-state index contributed by atoms with van der Waals surface area (Å²) in [6, 6.07) is 3.90. The van der Waals surface area contributed by atoms with Gasteiger partial charge in [0.25, 0.3) is 5.69 Å². The minimum absolute atomic E-state index is 0.0337.